The molecule has 0 saturated carbocycles. The third-order valence-electron chi connectivity index (χ3n) is 6.18. The van der Waals surface area contributed by atoms with Gasteiger partial charge in [-0.2, -0.15) is 0 Å². The number of thiophene rings is 1. The molecule has 1 aliphatic rings. The molecule has 0 spiro atoms. The van der Waals surface area contributed by atoms with Crippen LogP contribution in [-0.4, -0.2) is 52.0 Å². The summed E-state index contributed by atoms with van der Waals surface area (Å²) in [7, 11) is 3.38. The van der Waals surface area contributed by atoms with Crippen LogP contribution in [0.3, 0.4) is 0 Å². The Kier molecular flexibility index (Phi) is 6.26. The number of carbonyl (C=O) groups is 2. The van der Waals surface area contributed by atoms with Gasteiger partial charge in [-0.1, -0.05) is 6.07 Å². The highest BCUT2D eigenvalue weighted by Crippen LogP contribution is 2.43. The van der Waals surface area contributed by atoms with E-state index in [0.717, 1.165) is 27.4 Å². The number of hydrogen-bond acceptors (Lipinski definition) is 6. The van der Waals surface area contributed by atoms with Gasteiger partial charge in [0.15, 0.2) is 5.82 Å². The predicted octanol–water partition coefficient (Wildman–Crippen LogP) is 4.00. The molecular formula is C25H31N5O3S. The van der Waals surface area contributed by atoms with E-state index in [9.17, 15) is 9.59 Å². The molecular weight excluding hydrogens is 450 g/mol. The van der Waals surface area contributed by atoms with Gasteiger partial charge >= 0.3 is 0 Å². The third kappa shape index (κ3) is 4.21. The summed E-state index contributed by atoms with van der Waals surface area (Å²) in [6, 6.07) is 7.17. The van der Waals surface area contributed by atoms with Gasteiger partial charge in [-0.25, -0.2) is 4.98 Å². The van der Waals surface area contributed by atoms with Gasteiger partial charge in [0, 0.05) is 24.7 Å². The number of aromatic nitrogens is 2. The molecule has 0 unspecified atom stereocenters. The lowest BCUT2D eigenvalue weighted by atomic mass is 9.95. The van der Waals surface area contributed by atoms with E-state index in [2.05, 4.69) is 5.32 Å². The number of aryl methyl sites for hydroxylation is 1. The minimum absolute atomic E-state index is 0.126. The highest BCUT2D eigenvalue weighted by molar-refractivity contribution is 7.13. The summed E-state index contributed by atoms with van der Waals surface area (Å²) in [6.45, 7) is 8.25. The fourth-order valence-electron chi connectivity index (χ4n) is 3.94. The van der Waals surface area contributed by atoms with Crippen molar-refractivity contribution in [2.24, 2.45) is 5.73 Å². The first kappa shape index (κ1) is 24.0. The summed E-state index contributed by atoms with van der Waals surface area (Å²) in [5, 5.41) is 4.87. The summed E-state index contributed by atoms with van der Waals surface area (Å²) in [4.78, 5) is 33.4. The minimum Gasteiger partial charge on any atom is -0.495 e. The molecule has 2 amide bonds. The molecule has 0 bridgehead atoms. The van der Waals surface area contributed by atoms with Crippen LogP contribution in [0, 0.1) is 0 Å². The largest absolute Gasteiger partial charge is 0.495 e. The van der Waals surface area contributed by atoms with E-state index in [4.69, 9.17) is 15.5 Å². The van der Waals surface area contributed by atoms with Gasteiger partial charge in [-0.05, 0) is 63.3 Å². The smallest absolute Gasteiger partial charge is 0.290 e. The molecule has 34 heavy (non-hydrogen) atoms. The second-order valence-electron chi connectivity index (χ2n) is 9.53. The van der Waals surface area contributed by atoms with Crippen molar-refractivity contribution in [3.05, 3.63) is 41.0 Å². The summed E-state index contributed by atoms with van der Waals surface area (Å²) >= 11 is 1.58. The van der Waals surface area contributed by atoms with Crippen molar-refractivity contribution >= 4 is 28.8 Å². The number of methoxy groups -OCH3 is 1. The van der Waals surface area contributed by atoms with Gasteiger partial charge in [-0.3, -0.25) is 9.59 Å². The molecule has 0 fully saturated rings. The number of nitrogens with zero attached hydrogens (tertiary/aromatic N) is 3. The molecule has 3 N–H and O–H groups in total. The molecule has 1 atom stereocenters. The lowest BCUT2D eigenvalue weighted by molar-refractivity contribution is -0.117. The van der Waals surface area contributed by atoms with Crippen LogP contribution in [0.5, 0.6) is 5.75 Å². The van der Waals surface area contributed by atoms with E-state index in [0.29, 0.717) is 30.2 Å². The normalized spacial score (nSPS) is 13.6. The molecule has 4 rings (SSSR count). The van der Waals surface area contributed by atoms with Crippen molar-refractivity contribution in [3.8, 4) is 27.6 Å². The molecule has 3 heterocycles. The van der Waals surface area contributed by atoms with E-state index < -0.39 is 6.04 Å². The Morgan fingerprint density at radius 1 is 1.32 bits per heavy atom. The molecule has 0 radical (unpaired) electrons. The van der Waals surface area contributed by atoms with Crippen LogP contribution in [0.2, 0.25) is 0 Å². The van der Waals surface area contributed by atoms with Gasteiger partial charge in [0.05, 0.1) is 29.4 Å². The average molecular weight is 482 g/mol. The number of benzene rings is 1. The van der Waals surface area contributed by atoms with Crippen LogP contribution in [0.25, 0.3) is 21.8 Å². The number of amides is 2. The van der Waals surface area contributed by atoms with Crippen LogP contribution in [0.1, 0.15) is 43.9 Å². The van der Waals surface area contributed by atoms with Gasteiger partial charge in [0.2, 0.25) is 5.91 Å². The Morgan fingerprint density at radius 2 is 2.06 bits per heavy atom. The first-order valence-corrected chi connectivity index (χ1v) is 12.1. The number of nitrogens with one attached hydrogen (secondary N) is 1. The van der Waals surface area contributed by atoms with E-state index in [1.807, 2.05) is 55.0 Å². The van der Waals surface area contributed by atoms with Gasteiger partial charge < -0.3 is 25.3 Å². The summed E-state index contributed by atoms with van der Waals surface area (Å²) in [5.74, 6) is 0.559. The van der Waals surface area contributed by atoms with Crippen molar-refractivity contribution in [2.45, 2.75) is 52.2 Å². The molecule has 180 valence electrons. The van der Waals surface area contributed by atoms with Crippen molar-refractivity contribution < 1.29 is 14.3 Å². The Bertz CT molecular complexity index is 1240. The van der Waals surface area contributed by atoms with Crippen molar-refractivity contribution in [2.75, 3.05) is 19.5 Å². The second-order valence-corrected chi connectivity index (χ2v) is 10.5. The Balaban J connectivity index is 1.92. The van der Waals surface area contributed by atoms with E-state index in [1.54, 1.807) is 37.3 Å². The predicted molar refractivity (Wildman–Crippen MR) is 135 cm³/mol. The monoisotopic (exact) mass is 481 g/mol. The maximum absolute atomic E-state index is 13.5. The maximum Gasteiger partial charge on any atom is 0.290 e. The average Bonchev–Trinajstić information content (AvgIpc) is 3.44. The summed E-state index contributed by atoms with van der Waals surface area (Å²) in [5.41, 5.74) is 9.58. The maximum atomic E-state index is 13.5. The molecule has 3 aromatic rings. The van der Waals surface area contributed by atoms with Crippen molar-refractivity contribution in [1.82, 2.24) is 14.5 Å². The lowest BCUT2D eigenvalue weighted by Gasteiger charge is -2.32. The zero-order valence-corrected chi connectivity index (χ0v) is 21.2. The number of carbonyl (C=O) groups excluding carboxylic acids is 2. The number of ether oxygens (including phenoxy) is 1. The molecule has 0 saturated heterocycles. The molecule has 8 nitrogen and oxygen atoms in total. The first-order chi connectivity index (χ1) is 16.0. The zero-order valence-electron chi connectivity index (χ0n) is 20.4. The van der Waals surface area contributed by atoms with Crippen molar-refractivity contribution in [3.63, 3.8) is 0 Å². The SMILES string of the molecule is COc1cc2c(cc1NC(=O)[C@H](C)N)-c1c(-c3cccs3)nc(C(=O)N(C)C(C)(C)C)n1CC2. The molecule has 1 aliphatic heterocycles. The van der Waals surface area contributed by atoms with Gasteiger partial charge in [0.25, 0.3) is 5.91 Å². The first-order valence-electron chi connectivity index (χ1n) is 11.2. The van der Waals surface area contributed by atoms with E-state index in [1.165, 1.54) is 0 Å². The van der Waals surface area contributed by atoms with E-state index in [-0.39, 0.29) is 17.4 Å². The van der Waals surface area contributed by atoms with Crippen LogP contribution < -0.4 is 15.8 Å². The fourth-order valence-corrected chi connectivity index (χ4v) is 4.66. The number of imidazole rings is 1. The van der Waals surface area contributed by atoms with Gasteiger partial charge in [0.1, 0.15) is 11.4 Å². The summed E-state index contributed by atoms with van der Waals surface area (Å²) < 4.78 is 7.56. The molecule has 9 heteroatoms. The van der Waals surface area contributed by atoms with Crippen LogP contribution in [0.4, 0.5) is 5.69 Å². The topological polar surface area (TPSA) is 102 Å². The minimum atomic E-state index is -0.662. The number of rotatable bonds is 5. The molecule has 2 aromatic heterocycles. The highest BCUT2D eigenvalue weighted by Gasteiger charge is 2.33. The van der Waals surface area contributed by atoms with Crippen LogP contribution in [0.15, 0.2) is 29.6 Å². The Morgan fingerprint density at radius 3 is 2.65 bits per heavy atom. The van der Waals surface area contributed by atoms with Crippen LogP contribution >= 0.6 is 11.3 Å². The number of hydrogen-bond donors (Lipinski definition) is 2. The molecule has 0 aliphatic carbocycles. The van der Waals surface area contributed by atoms with Crippen molar-refractivity contribution in [1.29, 1.82) is 0 Å². The Labute approximate surface area is 203 Å². The summed E-state index contributed by atoms with van der Waals surface area (Å²) in [6.07, 6.45) is 0.708. The zero-order chi connectivity index (χ0) is 24.8. The second kappa shape index (κ2) is 8.88. The standard InChI is InChI=1S/C25H31N5O3S/c1-14(26)23(31)27-17-13-16-15(12-18(17)33-6)9-10-30-21(16)20(19-8-7-11-34-19)28-22(30)24(32)29(5)25(2,3)4/h7-8,11-14H,9-10,26H2,1-6H3,(H,27,31)/t14-/m0/s1. The number of anilines is 1. The quantitative estimate of drug-likeness (QED) is 0.573. The number of fused-ring (bicyclic) bond motifs is 3. The third-order valence-corrected chi connectivity index (χ3v) is 7.06. The fraction of sp³-hybridized carbons (Fsp3) is 0.400. The lowest BCUT2D eigenvalue weighted by Crippen LogP contribution is -2.43. The van der Waals surface area contributed by atoms with Gasteiger partial charge in [-0.15, -0.1) is 11.3 Å². The van der Waals surface area contributed by atoms with E-state index >= 15 is 0 Å². The Hall–Kier alpha value is -3.17. The van der Waals surface area contributed by atoms with Crippen LogP contribution in [-0.2, 0) is 17.8 Å². The highest BCUT2D eigenvalue weighted by atomic mass is 32.1. The molecule has 1 aromatic carbocycles. The number of nitrogens with two attached hydrogens (primary N) is 1.